The largest absolute Gasteiger partial charge is 0.359 e. The molecule has 0 amide bonds. The molecule has 1 N–H and O–H groups in total. The highest BCUT2D eigenvalue weighted by molar-refractivity contribution is 8.14. The van der Waals surface area contributed by atoms with Crippen molar-refractivity contribution in [2.24, 2.45) is 10.9 Å². The van der Waals surface area contributed by atoms with Crippen LogP contribution in [-0.4, -0.2) is 42.4 Å². The zero-order chi connectivity index (χ0) is 15.0. The van der Waals surface area contributed by atoms with Crippen molar-refractivity contribution in [2.45, 2.75) is 56.7 Å². The van der Waals surface area contributed by atoms with Gasteiger partial charge in [-0.25, -0.2) is 8.42 Å². The number of nitrogens with zero attached hydrogens (tertiary/aromatic N) is 1. The Hall–Kier alpha value is -0.230. The van der Waals surface area contributed by atoms with Crippen molar-refractivity contribution in [2.75, 3.05) is 18.6 Å². The summed E-state index contributed by atoms with van der Waals surface area (Å²) in [6.45, 7) is 6.13. The topological polar surface area (TPSA) is 58.5 Å². The second-order valence-electron chi connectivity index (χ2n) is 7.03. The van der Waals surface area contributed by atoms with E-state index in [-0.39, 0.29) is 5.54 Å². The van der Waals surface area contributed by atoms with E-state index in [1.165, 1.54) is 31.9 Å². The van der Waals surface area contributed by atoms with E-state index in [0.717, 1.165) is 16.8 Å². The van der Waals surface area contributed by atoms with Crippen molar-refractivity contribution in [3.63, 3.8) is 0 Å². The smallest absolute Gasteiger partial charge is 0.157 e. The summed E-state index contributed by atoms with van der Waals surface area (Å²) >= 11 is 1.74. The summed E-state index contributed by atoms with van der Waals surface area (Å²) in [6, 6.07) is 0. The zero-order valence-electron chi connectivity index (χ0n) is 12.9. The van der Waals surface area contributed by atoms with E-state index in [1.807, 2.05) is 0 Å². The maximum Gasteiger partial charge on any atom is 0.157 e. The summed E-state index contributed by atoms with van der Waals surface area (Å²) in [5.74, 6) is 1.90. The fraction of sp³-hybridized carbons (Fsp3) is 0.929. The standard InChI is InChI=1S/C14H26N2O2S2/c1-11-5-7-14(8-6-11)10-19-12(16-14)15-9-13(2,3)20(4,17)18/h11H,5-10H2,1-4H3,(H,15,16). The van der Waals surface area contributed by atoms with Crippen molar-refractivity contribution in [3.05, 3.63) is 0 Å². The van der Waals surface area contributed by atoms with Crippen molar-refractivity contribution >= 4 is 26.8 Å². The van der Waals surface area contributed by atoms with Gasteiger partial charge in [0.2, 0.25) is 0 Å². The van der Waals surface area contributed by atoms with Crippen molar-refractivity contribution in [1.29, 1.82) is 0 Å². The Balaban J connectivity index is 1.98. The van der Waals surface area contributed by atoms with Crippen molar-refractivity contribution < 1.29 is 8.42 Å². The number of thioether (sulfide) groups is 1. The molecule has 1 heterocycles. The molecule has 6 heteroatoms. The Morgan fingerprint density at radius 3 is 2.55 bits per heavy atom. The van der Waals surface area contributed by atoms with Crippen LogP contribution in [-0.2, 0) is 9.84 Å². The van der Waals surface area contributed by atoms with E-state index in [1.54, 1.807) is 25.6 Å². The van der Waals surface area contributed by atoms with Gasteiger partial charge in [-0.1, -0.05) is 18.7 Å². The molecule has 1 saturated carbocycles. The third-order valence-electron chi connectivity index (χ3n) is 4.70. The fourth-order valence-electron chi connectivity index (χ4n) is 2.55. The molecule has 1 aliphatic carbocycles. The molecule has 0 aromatic heterocycles. The molecule has 2 aliphatic rings. The number of nitrogens with one attached hydrogen (secondary N) is 1. The maximum absolute atomic E-state index is 11.7. The number of aliphatic imine (C=N–C) groups is 1. The molecule has 0 atom stereocenters. The van der Waals surface area contributed by atoms with Gasteiger partial charge in [0.05, 0.1) is 11.3 Å². The zero-order valence-corrected chi connectivity index (χ0v) is 14.5. The van der Waals surface area contributed by atoms with Gasteiger partial charge in [0, 0.05) is 17.5 Å². The van der Waals surface area contributed by atoms with Crippen LogP contribution in [0.4, 0.5) is 0 Å². The molecular formula is C14H26N2O2S2. The first-order valence-corrected chi connectivity index (χ1v) is 10.2. The lowest BCUT2D eigenvalue weighted by atomic mass is 9.78. The average Bonchev–Trinajstić information content (AvgIpc) is 2.73. The first kappa shape index (κ1) is 16.1. The van der Waals surface area contributed by atoms with E-state index >= 15 is 0 Å². The fourth-order valence-corrected chi connectivity index (χ4v) is 4.07. The molecule has 0 unspecified atom stereocenters. The van der Waals surface area contributed by atoms with Crippen molar-refractivity contribution in [3.8, 4) is 0 Å². The minimum absolute atomic E-state index is 0.214. The number of amidine groups is 1. The molecule has 2 fully saturated rings. The summed E-state index contributed by atoms with van der Waals surface area (Å²) in [4.78, 5) is 4.52. The Morgan fingerprint density at radius 1 is 1.40 bits per heavy atom. The van der Waals surface area contributed by atoms with Gasteiger partial charge < -0.3 is 5.32 Å². The van der Waals surface area contributed by atoms with E-state index < -0.39 is 14.6 Å². The normalized spacial score (nSPS) is 33.6. The summed E-state index contributed by atoms with van der Waals surface area (Å²) < 4.78 is 22.6. The second kappa shape index (κ2) is 5.52. The molecule has 4 nitrogen and oxygen atoms in total. The highest BCUT2D eigenvalue weighted by atomic mass is 32.2. The Kier molecular flexibility index (Phi) is 4.46. The van der Waals surface area contributed by atoms with Gasteiger partial charge in [0.1, 0.15) is 0 Å². The lowest BCUT2D eigenvalue weighted by Gasteiger charge is -2.35. The van der Waals surface area contributed by atoms with Gasteiger partial charge in [-0.05, 0) is 45.4 Å². The summed E-state index contributed by atoms with van der Waals surface area (Å²) in [5.41, 5.74) is 0.214. The van der Waals surface area contributed by atoms with Gasteiger partial charge in [-0.3, -0.25) is 4.99 Å². The van der Waals surface area contributed by atoms with Crippen LogP contribution in [0.1, 0.15) is 46.5 Å². The molecule has 1 spiro atoms. The minimum Gasteiger partial charge on any atom is -0.359 e. The van der Waals surface area contributed by atoms with Crippen LogP contribution in [0.25, 0.3) is 0 Å². The third kappa shape index (κ3) is 3.50. The van der Waals surface area contributed by atoms with E-state index in [0.29, 0.717) is 6.54 Å². The summed E-state index contributed by atoms with van der Waals surface area (Å²) in [7, 11) is -3.08. The lowest BCUT2D eigenvalue weighted by Crippen LogP contribution is -2.46. The second-order valence-corrected chi connectivity index (χ2v) is 10.6. The van der Waals surface area contributed by atoms with Crippen LogP contribution >= 0.6 is 11.8 Å². The molecule has 0 aromatic rings. The highest BCUT2D eigenvalue weighted by Crippen LogP contribution is 2.38. The van der Waals surface area contributed by atoms with Gasteiger partial charge >= 0.3 is 0 Å². The maximum atomic E-state index is 11.7. The molecule has 0 radical (unpaired) electrons. The van der Waals surface area contributed by atoms with E-state index in [4.69, 9.17) is 0 Å². The lowest BCUT2D eigenvalue weighted by molar-refractivity contribution is 0.251. The van der Waals surface area contributed by atoms with Gasteiger partial charge in [-0.15, -0.1) is 0 Å². The Bertz CT molecular complexity index is 489. The van der Waals surface area contributed by atoms with Crippen LogP contribution in [0, 0.1) is 5.92 Å². The molecule has 1 saturated heterocycles. The van der Waals surface area contributed by atoms with Crippen LogP contribution in [0.5, 0.6) is 0 Å². The molecule has 1 aliphatic heterocycles. The number of hydrogen-bond acceptors (Lipinski definition) is 4. The summed E-state index contributed by atoms with van der Waals surface area (Å²) in [5, 5.41) is 4.50. The van der Waals surface area contributed by atoms with Crippen LogP contribution in [0.15, 0.2) is 4.99 Å². The summed E-state index contributed by atoms with van der Waals surface area (Å²) in [6.07, 6.45) is 6.24. The van der Waals surface area contributed by atoms with Gasteiger partial charge in [0.25, 0.3) is 0 Å². The van der Waals surface area contributed by atoms with Crippen LogP contribution in [0.2, 0.25) is 0 Å². The number of sulfone groups is 1. The Morgan fingerprint density at radius 2 is 2.00 bits per heavy atom. The average molecular weight is 319 g/mol. The molecule has 0 aromatic carbocycles. The van der Waals surface area contributed by atoms with Crippen molar-refractivity contribution in [1.82, 2.24) is 5.32 Å². The van der Waals surface area contributed by atoms with E-state index in [2.05, 4.69) is 17.2 Å². The first-order chi connectivity index (χ1) is 9.14. The highest BCUT2D eigenvalue weighted by Gasteiger charge is 2.40. The van der Waals surface area contributed by atoms with Gasteiger partial charge in [-0.2, -0.15) is 0 Å². The molecule has 20 heavy (non-hydrogen) atoms. The third-order valence-corrected chi connectivity index (χ3v) is 8.03. The van der Waals surface area contributed by atoms with E-state index in [9.17, 15) is 8.42 Å². The van der Waals surface area contributed by atoms with Gasteiger partial charge in [0.15, 0.2) is 15.0 Å². The predicted octanol–water partition coefficient (Wildman–Crippen LogP) is 2.45. The molecule has 0 bridgehead atoms. The minimum atomic E-state index is -3.08. The van der Waals surface area contributed by atoms with Crippen LogP contribution < -0.4 is 5.32 Å². The molecule has 2 rings (SSSR count). The van der Waals surface area contributed by atoms with Crippen LogP contribution in [0.3, 0.4) is 0 Å². The number of rotatable bonds is 3. The molecular weight excluding hydrogens is 292 g/mol. The first-order valence-electron chi connectivity index (χ1n) is 7.29. The quantitative estimate of drug-likeness (QED) is 0.868. The number of hydrogen-bond donors (Lipinski definition) is 1. The predicted molar refractivity (Wildman–Crippen MR) is 87.2 cm³/mol. The SMILES string of the molecule is CC1CCC2(CC1)CSC(=NCC(C)(C)S(C)(=O)=O)N2. The molecule has 116 valence electrons. The Labute approximate surface area is 127 Å². The monoisotopic (exact) mass is 318 g/mol.